The molecule has 2 saturated heterocycles. The number of carbonyl (C=O) groups excluding carboxylic acids is 1. The first-order chi connectivity index (χ1) is 12.2. The monoisotopic (exact) mass is 344 g/mol. The normalized spacial score (nSPS) is 25.2. The molecule has 0 N–H and O–H groups in total. The van der Waals surface area contributed by atoms with E-state index in [2.05, 4.69) is 14.9 Å². The highest BCUT2D eigenvalue weighted by Crippen LogP contribution is 2.35. The zero-order valence-corrected chi connectivity index (χ0v) is 14.6. The van der Waals surface area contributed by atoms with E-state index in [0.717, 1.165) is 37.6 Å². The van der Waals surface area contributed by atoms with Gasteiger partial charge >= 0.3 is 0 Å². The van der Waals surface area contributed by atoms with Crippen LogP contribution in [0.5, 0.6) is 0 Å². The van der Waals surface area contributed by atoms with E-state index in [9.17, 15) is 4.79 Å². The smallest absolute Gasteiger partial charge is 0.289 e. The van der Waals surface area contributed by atoms with Crippen LogP contribution in [0.1, 0.15) is 6.92 Å². The van der Waals surface area contributed by atoms with Crippen molar-refractivity contribution in [1.29, 1.82) is 0 Å². The standard InChI is InChI=1S/C18H24N4O3/c1-15-18(20-7-11-24-12-8-20,21-9-13-25-14-10-21)17(23)22(19-15)16-5-3-2-4-6-16/h2-6H,7-14H2,1H3. The van der Waals surface area contributed by atoms with Gasteiger partial charge in [-0.1, -0.05) is 18.2 Å². The molecule has 1 amide bonds. The van der Waals surface area contributed by atoms with Crippen LogP contribution in [0.3, 0.4) is 0 Å². The van der Waals surface area contributed by atoms with Gasteiger partial charge in [0, 0.05) is 26.2 Å². The van der Waals surface area contributed by atoms with Gasteiger partial charge in [-0.25, -0.2) is 0 Å². The molecule has 7 nitrogen and oxygen atoms in total. The summed E-state index contributed by atoms with van der Waals surface area (Å²) in [6.07, 6.45) is 0. The Morgan fingerprint density at radius 1 is 0.920 bits per heavy atom. The summed E-state index contributed by atoms with van der Waals surface area (Å²) in [5.74, 6) is 0.000000000000000666. The summed E-state index contributed by atoms with van der Waals surface area (Å²) < 4.78 is 11.0. The molecular formula is C18H24N4O3. The number of hydrogen-bond acceptors (Lipinski definition) is 6. The molecule has 0 aromatic heterocycles. The summed E-state index contributed by atoms with van der Waals surface area (Å²) in [6.45, 7) is 7.39. The van der Waals surface area contributed by atoms with Crippen molar-refractivity contribution in [3.8, 4) is 0 Å². The number of ether oxygens (including phenoxy) is 2. The summed E-state index contributed by atoms with van der Waals surface area (Å²) in [7, 11) is 0. The van der Waals surface area contributed by atoms with Crippen LogP contribution in [0, 0.1) is 0 Å². The Morgan fingerprint density at radius 3 is 1.96 bits per heavy atom. The molecule has 3 heterocycles. The summed E-state index contributed by atoms with van der Waals surface area (Å²) >= 11 is 0. The van der Waals surface area contributed by atoms with Gasteiger partial charge in [-0.2, -0.15) is 10.1 Å². The lowest BCUT2D eigenvalue weighted by atomic mass is 9.98. The van der Waals surface area contributed by atoms with Gasteiger partial charge < -0.3 is 9.47 Å². The van der Waals surface area contributed by atoms with Crippen LogP contribution in [-0.4, -0.2) is 79.7 Å². The molecule has 0 unspecified atom stereocenters. The van der Waals surface area contributed by atoms with E-state index in [1.165, 1.54) is 0 Å². The van der Waals surface area contributed by atoms with Crippen molar-refractivity contribution in [3.63, 3.8) is 0 Å². The summed E-state index contributed by atoms with van der Waals surface area (Å²) in [5.41, 5.74) is 0.795. The van der Waals surface area contributed by atoms with Crippen LogP contribution in [-0.2, 0) is 14.3 Å². The Bertz CT molecular complexity index is 634. The molecule has 25 heavy (non-hydrogen) atoms. The lowest BCUT2D eigenvalue weighted by Gasteiger charge is -2.49. The number of carbonyl (C=O) groups is 1. The third-order valence-corrected chi connectivity index (χ3v) is 5.18. The molecule has 0 bridgehead atoms. The van der Waals surface area contributed by atoms with Crippen LogP contribution in [0.25, 0.3) is 0 Å². The zero-order valence-electron chi connectivity index (χ0n) is 14.6. The van der Waals surface area contributed by atoms with Crippen molar-refractivity contribution in [1.82, 2.24) is 9.80 Å². The van der Waals surface area contributed by atoms with Crippen molar-refractivity contribution in [2.75, 3.05) is 57.6 Å². The molecular weight excluding hydrogens is 320 g/mol. The van der Waals surface area contributed by atoms with Gasteiger partial charge in [0.05, 0.1) is 37.8 Å². The molecule has 3 aliphatic rings. The van der Waals surface area contributed by atoms with Crippen molar-refractivity contribution < 1.29 is 14.3 Å². The predicted molar refractivity (Wildman–Crippen MR) is 94.6 cm³/mol. The van der Waals surface area contributed by atoms with E-state index in [0.29, 0.717) is 26.4 Å². The minimum Gasteiger partial charge on any atom is -0.379 e. The molecule has 0 saturated carbocycles. The van der Waals surface area contributed by atoms with E-state index < -0.39 is 5.66 Å². The SMILES string of the molecule is CC1=NN(c2ccccc2)C(=O)C1(N1CCOCC1)N1CCOCC1. The first-order valence-corrected chi connectivity index (χ1v) is 8.85. The molecule has 0 aliphatic carbocycles. The number of nitrogens with zero attached hydrogens (tertiary/aromatic N) is 4. The summed E-state index contributed by atoms with van der Waals surface area (Å²) in [6, 6.07) is 9.64. The first kappa shape index (κ1) is 16.7. The molecule has 0 radical (unpaired) electrons. The van der Waals surface area contributed by atoms with E-state index in [-0.39, 0.29) is 5.91 Å². The largest absolute Gasteiger partial charge is 0.379 e. The fourth-order valence-corrected chi connectivity index (χ4v) is 4.01. The molecule has 1 aromatic rings. The van der Waals surface area contributed by atoms with Gasteiger partial charge in [0.2, 0.25) is 0 Å². The minimum atomic E-state index is -0.830. The van der Waals surface area contributed by atoms with E-state index in [1.54, 1.807) is 5.01 Å². The molecule has 1 aromatic carbocycles. The third-order valence-electron chi connectivity index (χ3n) is 5.18. The number of hydrogen-bond donors (Lipinski definition) is 0. The molecule has 7 heteroatoms. The molecule has 2 fully saturated rings. The molecule has 134 valence electrons. The molecule has 0 spiro atoms. The fourth-order valence-electron chi connectivity index (χ4n) is 4.01. The number of benzene rings is 1. The second-order valence-electron chi connectivity index (χ2n) is 6.51. The van der Waals surface area contributed by atoms with Gasteiger partial charge in [0.15, 0.2) is 5.66 Å². The number of hydrazone groups is 1. The molecule has 0 atom stereocenters. The maximum absolute atomic E-state index is 13.7. The Balaban J connectivity index is 1.75. The van der Waals surface area contributed by atoms with Gasteiger partial charge in [-0.3, -0.25) is 14.6 Å². The maximum Gasteiger partial charge on any atom is 0.289 e. The maximum atomic E-state index is 13.7. The zero-order chi connectivity index (χ0) is 17.3. The van der Waals surface area contributed by atoms with E-state index in [1.807, 2.05) is 37.3 Å². The number of amides is 1. The van der Waals surface area contributed by atoms with Crippen LogP contribution in [0.4, 0.5) is 5.69 Å². The number of anilines is 1. The lowest BCUT2D eigenvalue weighted by Crippen LogP contribution is -2.72. The second-order valence-corrected chi connectivity index (χ2v) is 6.51. The minimum absolute atomic E-state index is 0.000000000000000666. The average Bonchev–Trinajstić information content (AvgIpc) is 2.95. The number of rotatable bonds is 3. The Morgan fingerprint density at radius 2 is 1.44 bits per heavy atom. The molecule has 3 aliphatic heterocycles. The third kappa shape index (κ3) is 2.67. The van der Waals surface area contributed by atoms with Crippen LogP contribution in [0.15, 0.2) is 35.4 Å². The van der Waals surface area contributed by atoms with Crippen molar-refractivity contribution in [2.45, 2.75) is 12.6 Å². The Kier molecular flexibility index (Phi) is 4.56. The fraction of sp³-hybridized carbons (Fsp3) is 0.556. The van der Waals surface area contributed by atoms with E-state index in [4.69, 9.17) is 9.47 Å². The lowest BCUT2D eigenvalue weighted by molar-refractivity contribution is -0.145. The number of para-hydroxylation sites is 1. The average molecular weight is 344 g/mol. The van der Waals surface area contributed by atoms with Crippen LogP contribution in [0.2, 0.25) is 0 Å². The second kappa shape index (κ2) is 6.84. The van der Waals surface area contributed by atoms with Gasteiger partial charge in [0.25, 0.3) is 5.91 Å². The van der Waals surface area contributed by atoms with Gasteiger partial charge in [-0.15, -0.1) is 0 Å². The highest BCUT2D eigenvalue weighted by molar-refractivity contribution is 6.22. The quantitative estimate of drug-likeness (QED) is 0.811. The number of morpholine rings is 2. The van der Waals surface area contributed by atoms with Crippen molar-refractivity contribution in [2.24, 2.45) is 5.10 Å². The molecule has 4 rings (SSSR count). The van der Waals surface area contributed by atoms with Crippen molar-refractivity contribution >= 4 is 17.3 Å². The summed E-state index contributed by atoms with van der Waals surface area (Å²) in [5, 5.41) is 6.24. The Labute approximate surface area is 147 Å². The highest BCUT2D eigenvalue weighted by Gasteiger charge is 2.58. The van der Waals surface area contributed by atoms with Gasteiger partial charge in [0.1, 0.15) is 0 Å². The van der Waals surface area contributed by atoms with Crippen molar-refractivity contribution in [3.05, 3.63) is 30.3 Å². The summed E-state index contributed by atoms with van der Waals surface area (Å²) in [4.78, 5) is 18.1. The van der Waals surface area contributed by atoms with Crippen LogP contribution >= 0.6 is 0 Å². The predicted octanol–water partition coefficient (Wildman–Crippen LogP) is 0.770. The van der Waals surface area contributed by atoms with Gasteiger partial charge in [-0.05, 0) is 19.1 Å². The topological polar surface area (TPSA) is 57.6 Å². The Hall–Kier alpha value is -1.80. The van der Waals surface area contributed by atoms with Crippen LogP contribution < -0.4 is 5.01 Å². The highest BCUT2D eigenvalue weighted by atomic mass is 16.5. The van der Waals surface area contributed by atoms with E-state index >= 15 is 0 Å². The first-order valence-electron chi connectivity index (χ1n) is 8.85.